The van der Waals surface area contributed by atoms with Crippen molar-refractivity contribution in [1.29, 1.82) is 0 Å². The van der Waals surface area contributed by atoms with Gasteiger partial charge in [0.1, 0.15) is 17.1 Å². The highest BCUT2D eigenvalue weighted by Gasteiger charge is 2.19. The van der Waals surface area contributed by atoms with E-state index in [0.29, 0.717) is 35.7 Å². The van der Waals surface area contributed by atoms with Crippen molar-refractivity contribution in [3.05, 3.63) is 127 Å². The Kier molecular flexibility index (Phi) is 6.63. The summed E-state index contributed by atoms with van der Waals surface area (Å²) in [5.74, 6) is 1.17. The number of carbonyl (C=O) groups is 1. The molecule has 5 heterocycles. The maximum absolute atomic E-state index is 13.0. The average molecular weight is 562 g/mol. The van der Waals surface area contributed by atoms with Gasteiger partial charge in [-0.2, -0.15) is 0 Å². The molecule has 0 atom stereocenters. The highest BCUT2D eigenvalue weighted by atomic mass is 16.1. The fourth-order valence-electron chi connectivity index (χ4n) is 5.36. The summed E-state index contributed by atoms with van der Waals surface area (Å²) in [6, 6.07) is 27.6. The number of rotatable bonds is 7. The number of hydrogen-bond acceptors (Lipinski definition) is 7. The third-order valence-electron chi connectivity index (χ3n) is 7.46. The standard InChI is InChI=1S/C35H27N7O/c1-22-6-10-25-16-24(9-13-31(25)40-22)18-29(43)17-23-7-11-28(12-8-23)42-34(30-5-3-15-38-33(30)36)41-32-19-27(21-39-35(32)42)26-4-2-14-37-20-26/h2-16,19-21H,17-18H2,1H3,(H2,36,38). The summed E-state index contributed by atoms with van der Waals surface area (Å²) >= 11 is 0. The smallest absolute Gasteiger partial charge is 0.164 e. The highest BCUT2D eigenvalue weighted by molar-refractivity contribution is 5.87. The number of benzene rings is 2. The summed E-state index contributed by atoms with van der Waals surface area (Å²) in [5, 5.41) is 1.04. The maximum Gasteiger partial charge on any atom is 0.164 e. The molecule has 7 rings (SSSR count). The van der Waals surface area contributed by atoms with E-state index in [0.717, 1.165) is 50.1 Å². The van der Waals surface area contributed by atoms with Crippen molar-refractivity contribution in [1.82, 2.24) is 29.5 Å². The lowest BCUT2D eigenvalue weighted by molar-refractivity contribution is -0.117. The van der Waals surface area contributed by atoms with Gasteiger partial charge in [0, 0.05) is 65.5 Å². The number of ketones is 1. The van der Waals surface area contributed by atoms with Crippen LogP contribution in [0.5, 0.6) is 0 Å². The molecular formula is C35H27N7O. The molecule has 208 valence electrons. The fraction of sp³-hybridized carbons (Fsp3) is 0.0857. The van der Waals surface area contributed by atoms with Gasteiger partial charge in [-0.05, 0) is 72.6 Å². The molecule has 0 saturated carbocycles. The van der Waals surface area contributed by atoms with Crippen LogP contribution in [0.3, 0.4) is 0 Å². The molecule has 8 heteroatoms. The zero-order valence-electron chi connectivity index (χ0n) is 23.5. The van der Waals surface area contributed by atoms with Gasteiger partial charge in [0.05, 0.1) is 11.1 Å². The number of hydrogen-bond donors (Lipinski definition) is 1. The third-order valence-corrected chi connectivity index (χ3v) is 7.46. The van der Waals surface area contributed by atoms with Crippen molar-refractivity contribution in [3.63, 3.8) is 0 Å². The molecule has 7 aromatic rings. The lowest BCUT2D eigenvalue weighted by Gasteiger charge is -2.11. The zero-order valence-corrected chi connectivity index (χ0v) is 23.5. The quantitative estimate of drug-likeness (QED) is 0.242. The first kappa shape index (κ1) is 26.2. The average Bonchev–Trinajstić information content (AvgIpc) is 3.40. The van der Waals surface area contributed by atoms with E-state index in [1.165, 1.54) is 0 Å². The van der Waals surface area contributed by atoms with Gasteiger partial charge in [0.25, 0.3) is 0 Å². The SMILES string of the molecule is Cc1ccc2cc(CC(=O)Cc3ccc(-n4c(-c5cccnc5N)nc5cc(-c6cccnc6)cnc54)cc3)ccc2n1. The molecule has 8 nitrogen and oxygen atoms in total. The first-order valence-corrected chi connectivity index (χ1v) is 14.0. The number of anilines is 1. The van der Waals surface area contributed by atoms with E-state index in [2.05, 4.69) is 15.0 Å². The van der Waals surface area contributed by atoms with Gasteiger partial charge in [0.2, 0.25) is 0 Å². The number of fused-ring (bicyclic) bond motifs is 2. The number of nitrogens with zero attached hydrogens (tertiary/aromatic N) is 6. The normalized spacial score (nSPS) is 11.3. The summed E-state index contributed by atoms with van der Waals surface area (Å²) in [7, 11) is 0. The van der Waals surface area contributed by atoms with E-state index >= 15 is 0 Å². The molecule has 0 aliphatic heterocycles. The van der Waals surface area contributed by atoms with Crippen LogP contribution in [0.25, 0.3) is 50.3 Å². The molecular weight excluding hydrogens is 534 g/mol. The Bertz CT molecular complexity index is 2120. The minimum atomic E-state index is 0.147. The summed E-state index contributed by atoms with van der Waals surface area (Å²) in [6.07, 6.45) is 7.73. The molecule has 0 unspecified atom stereocenters. The molecule has 0 radical (unpaired) electrons. The number of carbonyl (C=O) groups excluding carboxylic acids is 1. The molecule has 0 aliphatic rings. The molecule has 43 heavy (non-hydrogen) atoms. The first-order valence-electron chi connectivity index (χ1n) is 14.0. The van der Waals surface area contributed by atoms with E-state index in [9.17, 15) is 4.79 Å². The van der Waals surface area contributed by atoms with Crippen LogP contribution in [-0.2, 0) is 17.6 Å². The van der Waals surface area contributed by atoms with Crippen molar-refractivity contribution in [2.75, 3.05) is 5.73 Å². The van der Waals surface area contributed by atoms with Gasteiger partial charge in [-0.25, -0.2) is 15.0 Å². The van der Waals surface area contributed by atoms with Gasteiger partial charge in [0.15, 0.2) is 11.5 Å². The Hall–Kier alpha value is -5.76. The highest BCUT2D eigenvalue weighted by Crippen LogP contribution is 2.32. The molecule has 0 spiro atoms. The number of aryl methyl sites for hydroxylation is 1. The van der Waals surface area contributed by atoms with E-state index in [1.54, 1.807) is 18.6 Å². The first-order chi connectivity index (χ1) is 21.0. The summed E-state index contributed by atoms with van der Waals surface area (Å²) in [6.45, 7) is 1.97. The van der Waals surface area contributed by atoms with Crippen LogP contribution in [0.15, 0.2) is 110 Å². The second-order valence-electron chi connectivity index (χ2n) is 10.6. The number of aromatic nitrogens is 6. The number of pyridine rings is 4. The van der Waals surface area contributed by atoms with E-state index in [1.807, 2.05) is 103 Å². The van der Waals surface area contributed by atoms with Crippen LogP contribution in [0.4, 0.5) is 5.82 Å². The van der Waals surface area contributed by atoms with Gasteiger partial charge in [-0.15, -0.1) is 0 Å². The predicted octanol–water partition coefficient (Wildman–Crippen LogP) is 6.34. The van der Waals surface area contributed by atoms with Crippen molar-refractivity contribution in [2.45, 2.75) is 19.8 Å². The lowest BCUT2D eigenvalue weighted by Crippen LogP contribution is -2.07. The van der Waals surface area contributed by atoms with E-state index in [-0.39, 0.29) is 5.78 Å². The molecule has 0 saturated heterocycles. The van der Waals surface area contributed by atoms with Gasteiger partial charge < -0.3 is 5.73 Å². The van der Waals surface area contributed by atoms with Crippen molar-refractivity contribution in [3.8, 4) is 28.2 Å². The number of nitrogen functional groups attached to an aromatic ring is 1. The molecule has 2 aromatic carbocycles. The number of nitrogens with two attached hydrogens (primary N) is 1. The Labute approximate surface area is 248 Å². The van der Waals surface area contributed by atoms with Crippen LogP contribution >= 0.6 is 0 Å². The third kappa shape index (κ3) is 5.22. The Morgan fingerprint density at radius 2 is 1.58 bits per heavy atom. The van der Waals surface area contributed by atoms with Crippen molar-refractivity contribution < 1.29 is 4.79 Å². The van der Waals surface area contributed by atoms with Crippen LogP contribution < -0.4 is 5.73 Å². The number of Topliss-reactive ketones (excluding diaryl/α,β-unsaturated/α-hetero) is 1. The lowest BCUT2D eigenvalue weighted by atomic mass is 10.0. The molecule has 2 N–H and O–H groups in total. The molecule has 0 fully saturated rings. The topological polar surface area (TPSA) is 112 Å². The van der Waals surface area contributed by atoms with Crippen LogP contribution in [0, 0.1) is 6.92 Å². The second-order valence-corrected chi connectivity index (χ2v) is 10.6. The summed E-state index contributed by atoms with van der Waals surface area (Å²) in [4.78, 5) is 35.8. The zero-order chi connectivity index (χ0) is 29.3. The van der Waals surface area contributed by atoms with Crippen LogP contribution in [-0.4, -0.2) is 35.3 Å². The van der Waals surface area contributed by atoms with E-state index < -0.39 is 0 Å². The fourth-order valence-corrected chi connectivity index (χ4v) is 5.36. The van der Waals surface area contributed by atoms with Gasteiger partial charge >= 0.3 is 0 Å². The van der Waals surface area contributed by atoms with Crippen molar-refractivity contribution in [2.24, 2.45) is 0 Å². The minimum Gasteiger partial charge on any atom is -0.383 e. The molecule has 0 bridgehead atoms. The Morgan fingerprint density at radius 3 is 2.40 bits per heavy atom. The number of imidazole rings is 1. The monoisotopic (exact) mass is 561 g/mol. The second kappa shape index (κ2) is 10.9. The van der Waals surface area contributed by atoms with Crippen molar-refractivity contribution >= 4 is 33.7 Å². The van der Waals surface area contributed by atoms with Gasteiger partial charge in [-0.1, -0.05) is 30.3 Å². The molecule has 5 aromatic heterocycles. The Morgan fingerprint density at radius 1 is 0.767 bits per heavy atom. The van der Waals surface area contributed by atoms with Crippen LogP contribution in [0.2, 0.25) is 0 Å². The Balaban J connectivity index is 1.19. The minimum absolute atomic E-state index is 0.147. The van der Waals surface area contributed by atoms with Gasteiger partial charge in [-0.3, -0.25) is 19.3 Å². The summed E-state index contributed by atoms with van der Waals surface area (Å²) in [5.41, 5.74) is 15.0. The van der Waals surface area contributed by atoms with E-state index in [4.69, 9.17) is 15.7 Å². The predicted molar refractivity (Wildman–Crippen MR) is 169 cm³/mol. The molecule has 0 aliphatic carbocycles. The molecule has 0 amide bonds. The largest absolute Gasteiger partial charge is 0.383 e. The maximum atomic E-state index is 13.0. The van der Waals surface area contributed by atoms with Crippen LogP contribution in [0.1, 0.15) is 16.8 Å². The summed E-state index contributed by atoms with van der Waals surface area (Å²) < 4.78 is 1.98.